The van der Waals surface area contributed by atoms with Crippen molar-refractivity contribution in [2.45, 2.75) is 18.6 Å². The molecular weight excluding hydrogens is 235 g/mol. The van der Waals surface area contributed by atoms with E-state index >= 15 is 0 Å². The van der Waals surface area contributed by atoms with Crippen LogP contribution in [0.4, 0.5) is 0 Å². The van der Waals surface area contributed by atoms with Gasteiger partial charge in [0.25, 0.3) is 0 Å². The molecule has 5 N–H and O–H groups in total. The molecule has 0 radical (unpaired) electrons. The van der Waals surface area contributed by atoms with Crippen LogP contribution in [0.5, 0.6) is 0 Å². The third-order valence-electron chi connectivity index (χ3n) is 2.19. The quantitative estimate of drug-likeness (QED) is 0.760. The van der Waals surface area contributed by atoms with E-state index in [4.69, 9.17) is 34.7 Å². The van der Waals surface area contributed by atoms with Gasteiger partial charge in [0.15, 0.2) is 0 Å². The second kappa shape index (κ2) is 5.68. The van der Waals surface area contributed by atoms with E-state index in [1.807, 2.05) is 0 Å². The maximum atomic E-state index is 9.85. The lowest BCUT2D eigenvalue weighted by molar-refractivity contribution is 0.143. The molecule has 0 saturated heterocycles. The Balaban J connectivity index is 2.81. The van der Waals surface area contributed by atoms with E-state index in [2.05, 4.69) is 0 Å². The van der Waals surface area contributed by atoms with Crippen molar-refractivity contribution in [3.63, 3.8) is 0 Å². The van der Waals surface area contributed by atoms with Crippen LogP contribution in [0.2, 0.25) is 10.0 Å². The van der Waals surface area contributed by atoms with Crippen LogP contribution in [-0.2, 0) is 0 Å². The molecule has 15 heavy (non-hydrogen) atoms. The molecule has 2 unspecified atom stereocenters. The average molecular weight is 249 g/mol. The highest BCUT2D eigenvalue weighted by Gasteiger charge is 2.16. The molecule has 0 aliphatic rings. The zero-order valence-electron chi connectivity index (χ0n) is 8.16. The van der Waals surface area contributed by atoms with Gasteiger partial charge in [0.2, 0.25) is 0 Å². The topological polar surface area (TPSA) is 72.3 Å². The van der Waals surface area contributed by atoms with Crippen LogP contribution < -0.4 is 11.5 Å². The van der Waals surface area contributed by atoms with Crippen molar-refractivity contribution < 1.29 is 5.11 Å². The van der Waals surface area contributed by atoms with Crippen molar-refractivity contribution in [1.29, 1.82) is 0 Å². The van der Waals surface area contributed by atoms with Crippen LogP contribution >= 0.6 is 23.2 Å². The Hall–Kier alpha value is -0.320. The highest BCUT2D eigenvalue weighted by molar-refractivity contribution is 6.42. The van der Waals surface area contributed by atoms with Crippen molar-refractivity contribution in [3.8, 4) is 0 Å². The zero-order chi connectivity index (χ0) is 11.4. The Labute approximate surface area is 99.0 Å². The lowest BCUT2D eigenvalue weighted by Crippen LogP contribution is -2.30. The van der Waals surface area contributed by atoms with Gasteiger partial charge in [-0.05, 0) is 30.7 Å². The van der Waals surface area contributed by atoms with Gasteiger partial charge in [0.05, 0.1) is 16.1 Å². The first-order valence-corrected chi connectivity index (χ1v) is 5.40. The first-order chi connectivity index (χ1) is 7.06. The van der Waals surface area contributed by atoms with Gasteiger partial charge in [0.1, 0.15) is 0 Å². The van der Waals surface area contributed by atoms with Gasteiger partial charge in [-0.15, -0.1) is 0 Å². The molecule has 0 fully saturated rings. The summed E-state index contributed by atoms with van der Waals surface area (Å²) in [7, 11) is 0. The van der Waals surface area contributed by atoms with Gasteiger partial charge >= 0.3 is 0 Å². The Kier molecular flexibility index (Phi) is 4.83. The highest BCUT2D eigenvalue weighted by Crippen LogP contribution is 2.26. The van der Waals surface area contributed by atoms with Crippen molar-refractivity contribution in [2.75, 3.05) is 6.54 Å². The molecule has 0 amide bonds. The number of rotatable bonds is 4. The van der Waals surface area contributed by atoms with E-state index in [1.54, 1.807) is 18.2 Å². The minimum atomic E-state index is -0.761. The Morgan fingerprint density at radius 1 is 1.27 bits per heavy atom. The van der Waals surface area contributed by atoms with Crippen LogP contribution in [0.25, 0.3) is 0 Å². The Morgan fingerprint density at radius 3 is 2.47 bits per heavy atom. The molecule has 1 aromatic rings. The molecule has 0 saturated carbocycles. The fraction of sp³-hybridized carbons (Fsp3) is 0.400. The van der Waals surface area contributed by atoms with Crippen LogP contribution in [0.15, 0.2) is 18.2 Å². The molecule has 3 nitrogen and oxygen atoms in total. The summed E-state index contributed by atoms with van der Waals surface area (Å²) in [4.78, 5) is 0. The molecule has 0 aliphatic carbocycles. The minimum Gasteiger partial charge on any atom is -0.387 e. The maximum Gasteiger partial charge on any atom is 0.0941 e. The third-order valence-corrected chi connectivity index (χ3v) is 2.93. The summed E-state index contributed by atoms with van der Waals surface area (Å²) >= 11 is 11.6. The third kappa shape index (κ3) is 3.33. The van der Waals surface area contributed by atoms with Crippen molar-refractivity contribution >= 4 is 23.2 Å². The van der Waals surface area contributed by atoms with E-state index in [0.717, 1.165) is 0 Å². The second-order valence-corrected chi connectivity index (χ2v) is 4.17. The van der Waals surface area contributed by atoms with Gasteiger partial charge in [-0.25, -0.2) is 0 Å². The minimum absolute atomic E-state index is 0.382. The molecule has 1 aromatic carbocycles. The summed E-state index contributed by atoms with van der Waals surface area (Å²) < 4.78 is 0. The number of benzene rings is 1. The predicted octanol–water partition coefficient (Wildman–Crippen LogP) is 1.70. The predicted molar refractivity (Wildman–Crippen MR) is 63.1 cm³/mol. The van der Waals surface area contributed by atoms with Gasteiger partial charge in [-0.2, -0.15) is 0 Å². The summed E-state index contributed by atoms with van der Waals surface area (Å²) in [6.07, 6.45) is -0.204. The Bertz CT molecular complexity index is 333. The zero-order valence-corrected chi connectivity index (χ0v) is 9.67. The van der Waals surface area contributed by atoms with Crippen LogP contribution in [-0.4, -0.2) is 17.7 Å². The number of aliphatic hydroxyl groups is 1. The van der Waals surface area contributed by atoms with Crippen LogP contribution in [0.1, 0.15) is 18.1 Å². The van der Waals surface area contributed by atoms with E-state index in [1.165, 1.54) is 0 Å². The van der Waals surface area contributed by atoms with Gasteiger partial charge < -0.3 is 16.6 Å². The maximum absolute atomic E-state index is 9.85. The summed E-state index contributed by atoms with van der Waals surface area (Å²) in [5.41, 5.74) is 11.8. The van der Waals surface area contributed by atoms with Crippen molar-refractivity contribution in [1.82, 2.24) is 0 Å². The van der Waals surface area contributed by atoms with E-state index in [9.17, 15) is 5.11 Å². The Morgan fingerprint density at radius 2 is 1.93 bits per heavy atom. The van der Waals surface area contributed by atoms with E-state index in [0.29, 0.717) is 28.6 Å². The van der Waals surface area contributed by atoms with Crippen LogP contribution in [0.3, 0.4) is 0 Å². The standard InChI is InChI=1S/C10H14Cl2N2O/c11-7-2-1-6(5-8(7)12)10(15)9(14)3-4-13/h1-2,5,9-10,15H,3-4,13-14H2. The summed E-state index contributed by atoms with van der Waals surface area (Å²) in [5.74, 6) is 0. The lowest BCUT2D eigenvalue weighted by atomic mass is 10.0. The average Bonchev–Trinajstić information content (AvgIpc) is 2.21. The van der Waals surface area contributed by atoms with Gasteiger partial charge in [0, 0.05) is 6.04 Å². The second-order valence-electron chi connectivity index (χ2n) is 3.36. The number of hydrogen-bond acceptors (Lipinski definition) is 3. The number of hydrogen-bond donors (Lipinski definition) is 3. The molecular formula is C10H14Cl2N2O. The molecule has 5 heteroatoms. The fourth-order valence-electron chi connectivity index (χ4n) is 1.29. The monoisotopic (exact) mass is 248 g/mol. The molecule has 0 bridgehead atoms. The summed E-state index contributed by atoms with van der Waals surface area (Å²) in [6, 6.07) is 4.57. The molecule has 1 rings (SSSR count). The lowest BCUT2D eigenvalue weighted by Gasteiger charge is -2.18. The summed E-state index contributed by atoms with van der Waals surface area (Å²) in [6.45, 7) is 0.444. The first-order valence-electron chi connectivity index (χ1n) is 4.65. The van der Waals surface area contributed by atoms with Crippen molar-refractivity contribution in [3.05, 3.63) is 33.8 Å². The molecule has 0 heterocycles. The highest BCUT2D eigenvalue weighted by atomic mass is 35.5. The summed E-state index contributed by atoms with van der Waals surface area (Å²) in [5, 5.41) is 10.7. The smallest absolute Gasteiger partial charge is 0.0941 e. The van der Waals surface area contributed by atoms with E-state index in [-0.39, 0.29) is 6.04 Å². The van der Waals surface area contributed by atoms with Crippen molar-refractivity contribution in [2.24, 2.45) is 11.5 Å². The van der Waals surface area contributed by atoms with Crippen LogP contribution in [0, 0.1) is 0 Å². The first kappa shape index (κ1) is 12.7. The molecule has 0 aromatic heterocycles. The number of halogens is 2. The normalized spacial score (nSPS) is 15.0. The number of nitrogens with two attached hydrogens (primary N) is 2. The van der Waals surface area contributed by atoms with Gasteiger partial charge in [-0.3, -0.25) is 0 Å². The SMILES string of the molecule is NCCC(N)C(O)c1ccc(Cl)c(Cl)c1. The number of aliphatic hydroxyl groups excluding tert-OH is 1. The molecule has 2 atom stereocenters. The largest absolute Gasteiger partial charge is 0.387 e. The van der Waals surface area contributed by atoms with E-state index < -0.39 is 6.10 Å². The molecule has 84 valence electrons. The fourth-order valence-corrected chi connectivity index (χ4v) is 1.60. The molecule has 0 spiro atoms. The molecule has 0 aliphatic heterocycles. The van der Waals surface area contributed by atoms with Gasteiger partial charge in [-0.1, -0.05) is 29.3 Å².